The van der Waals surface area contributed by atoms with Crippen LogP contribution in [-0.4, -0.2) is 31.6 Å². The lowest BCUT2D eigenvalue weighted by molar-refractivity contribution is -0.126. The fourth-order valence-electron chi connectivity index (χ4n) is 4.74. The molecule has 2 amide bonds. The third-order valence-electron chi connectivity index (χ3n) is 6.50. The Morgan fingerprint density at radius 1 is 0.944 bits per heavy atom. The third-order valence-corrected chi connectivity index (χ3v) is 6.50. The molecule has 8 heteroatoms. The van der Waals surface area contributed by atoms with E-state index in [4.69, 9.17) is 14.3 Å². The van der Waals surface area contributed by atoms with E-state index in [1.165, 1.54) is 18.2 Å². The molecule has 2 fully saturated rings. The number of hydroxylamine groups is 1. The number of rotatable bonds is 8. The first-order valence-corrected chi connectivity index (χ1v) is 12.0. The third kappa shape index (κ3) is 4.07. The van der Waals surface area contributed by atoms with Gasteiger partial charge < -0.3 is 9.47 Å². The van der Waals surface area contributed by atoms with Crippen LogP contribution in [0.2, 0.25) is 0 Å². The maximum Gasteiger partial charge on any atom is 0.266 e. The van der Waals surface area contributed by atoms with Gasteiger partial charge in [-0.1, -0.05) is 49.7 Å². The van der Waals surface area contributed by atoms with Crippen molar-refractivity contribution in [3.05, 3.63) is 84.2 Å². The number of halogens is 1. The van der Waals surface area contributed by atoms with Crippen LogP contribution >= 0.6 is 0 Å². The Labute approximate surface area is 208 Å². The maximum atomic E-state index is 14.6. The first kappa shape index (κ1) is 23.8. The molecule has 186 valence electrons. The van der Waals surface area contributed by atoms with Gasteiger partial charge in [-0.25, -0.2) is 14.4 Å². The Morgan fingerprint density at radius 3 is 2.42 bits per heavy atom. The quantitative estimate of drug-likeness (QED) is 0.325. The van der Waals surface area contributed by atoms with E-state index < -0.39 is 35.7 Å². The van der Waals surface area contributed by atoms with Crippen LogP contribution in [0.15, 0.2) is 72.8 Å². The predicted molar refractivity (Wildman–Crippen MR) is 132 cm³/mol. The van der Waals surface area contributed by atoms with Gasteiger partial charge in [0.2, 0.25) is 5.91 Å². The summed E-state index contributed by atoms with van der Waals surface area (Å²) in [5.41, 5.74) is 1.33. The van der Waals surface area contributed by atoms with Gasteiger partial charge in [0.1, 0.15) is 11.7 Å². The monoisotopic (exact) mass is 490 g/mol. The highest BCUT2D eigenvalue weighted by Crippen LogP contribution is 2.48. The second-order valence-electron chi connectivity index (χ2n) is 8.73. The Hall–Kier alpha value is -3.91. The lowest BCUT2D eigenvalue weighted by atomic mass is 9.90. The minimum absolute atomic E-state index is 0.0761. The molecule has 2 saturated heterocycles. The lowest BCUT2D eigenvalue weighted by Gasteiger charge is -2.29. The largest absolute Gasteiger partial charge is 0.493 e. The fourth-order valence-corrected chi connectivity index (χ4v) is 4.74. The average molecular weight is 491 g/mol. The summed E-state index contributed by atoms with van der Waals surface area (Å²) in [6, 6.07) is 19.8. The highest BCUT2D eigenvalue weighted by Gasteiger charge is 2.60. The van der Waals surface area contributed by atoms with Gasteiger partial charge in [-0.2, -0.15) is 0 Å². The summed E-state index contributed by atoms with van der Waals surface area (Å²) in [6.45, 7) is 2.65. The van der Waals surface area contributed by atoms with Crippen LogP contribution in [0, 0.1) is 11.7 Å². The zero-order chi connectivity index (χ0) is 25.2. The SMILES string of the molecule is CCCCOc1ccc([C@@H]2[C@H]3C(=O)N(c4ccccc4F)C(=O)[C@H]3ON2c2ccccc2)cc1OC. The summed E-state index contributed by atoms with van der Waals surface area (Å²) in [7, 11) is 1.55. The van der Waals surface area contributed by atoms with E-state index in [9.17, 15) is 14.0 Å². The van der Waals surface area contributed by atoms with Crippen molar-refractivity contribution in [1.29, 1.82) is 0 Å². The van der Waals surface area contributed by atoms with Gasteiger partial charge in [-0.15, -0.1) is 0 Å². The Balaban J connectivity index is 1.56. The molecule has 0 spiro atoms. The van der Waals surface area contributed by atoms with Gasteiger partial charge >= 0.3 is 0 Å². The molecule has 0 saturated carbocycles. The van der Waals surface area contributed by atoms with Gasteiger partial charge in [-0.3, -0.25) is 14.4 Å². The van der Waals surface area contributed by atoms with Crippen molar-refractivity contribution < 1.29 is 28.3 Å². The average Bonchev–Trinajstić information content (AvgIpc) is 3.41. The zero-order valence-electron chi connectivity index (χ0n) is 20.1. The van der Waals surface area contributed by atoms with E-state index >= 15 is 0 Å². The van der Waals surface area contributed by atoms with Gasteiger partial charge in [0.05, 0.1) is 31.1 Å². The highest BCUT2D eigenvalue weighted by atomic mass is 19.1. The van der Waals surface area contributed by atoms with Crippen molar-refractivity contribution in [2.75, 3.05) is 23.7 Å². The van der Waals surface area contributed by atoms with Crippen molar-refractivity contribution >= 4 is 23.2 Å². The first-order chi connectivity index (χ1) is 17.5. The fraction of sp³-hybridized carbons (Fsp3) is 0.286. The van der Waals surface area contributed by atoms with E-state index in [0.29, 0.717) is 29.4 Å². The molecule has 3 aromatic carbocycles. The molecule has 0 radical (unpaired) electrons. The van der Waals surface area contributed by atoms with Crippen LogP contribution in [0.5, 0.6) is 11.5 Å². The number of benzene rings is 3. The molecule has 0 aromatic heterocycles. The molecule has 2 aliphatic heterocycles. The van der Waals surface area contributed by atoms with Crippen molar-refractivity contribution in [3.63, 3.8) is 0 Å². The molecule has 0 aliphatic carbocycles. The molecule has 0 bridgehead atoms. The number of nitrogens with zero attached hydrogens (tertiary/aromatic N) is 2. The number of hydrogen-bond donors (Lipinski definition) is 0. The number of imide groups is 1. The molecule has 36 heavy (non-hydrogen) atoms. The van der Waals surface area contributed by atoms with Crippen LogP contribution in [0.25, 0.3) is 0 Å². The summed E-state index contributed by atoms with van der Waals surface area (Å²) >= 11 is 0. The molecule has 5 rings (SSSR count). The highest BCUT2D eigenvalue weighted by molar-refractivity contribution is 6.24. The Bertz CT molecular complexity index is 1270. The number of amides is 2. The molecule has 0 unspecified atom stereocenters. The van der Waals surface area contributed by atoms with Crippen molar-refractivity contribution in [3.8, 4) is 11.5 Å². The minimum atomic E-state index is -1.09. The molecule has 2 aliphatic rings. The summed E-state index contributed by atoms with van der Waals surface area (Å²) in [4.78, 5) is 34.1. The number of methoxy groups -OCH3 is 1. The molecule has 7 nitrogen and oxygen atoms in total. The number of ether oxygens (including phenoxy) is 2. The number of carbonyl (C=O) groups excluding carboxylic acids is 2. The molecule has 3 atom stereocenters. The number of carbonyl (C=O) groups is 2. The van der Waals surface area contributed by atoms with Crippen molar-refractivity contribution in [2.45, 2.75) is 31.9 Å². The molecular formula is C28H27FN2O5. The standard InChI is InChI=1S/C28H27FN2O5/c1-3-4-16-35-22-15-14-18(17-23(22)34-2)25-24-26(36-31(25)19-10-6-5-7-11-19)28(33)30(27(24)32)21-13-9-8-12-20(21)29/h5-15,17,24-26H,3-4,16H2,1-2H3/t24-,25-,26+/m1/s1. The number of para-hydroxylation sites is 2. The van der Waals surface area contributed by atoms with E-state index in [-0.39, 0.29) is 5.69 Å². The summed E-state index contributed by atoms with van der Waals surface area (Å²) in [5.74, 6) is -1.52. The van der Waals surface area contributed by atoms with Crippen LogP contribution in [0.4, 0.5) is 15.8 Å². The molecule has 2 heterocycles. The first-order valence-electron chi connectivity index (χ1n) is 12.0. The Morgan fingerprint density at radius 2 is 1.69 bits per heavy atom. The second kappa shape index (κ2) is 9.99. The van der Waals surface area contributed by atoms with Crippen molar-refractivity contribution in [1.82, 2.24) is 0 Å². The molecule has 3 aromatic rings. The van der Waals surface area contributed by atoms with E-state index in [2.05, 4.69) is 6.92 Å². The normalized spacial score (nSPS) is 21.1. The van der Waals surface area contributed by atoms with E-state index in [0.717, 1.165) is 17.7 Å². The smallest absolute Gasteiger partial charge is 0.266 e. The lowest BCUT2D eigenvalue weighted by Crippen LogP contribution is -2.37. The van der Waals surface area contributed by atoms with Crippen LogP contribution in [0.1, 0.15) is 31.4 Å². The van der Waals surface area contributed by atoms with Crippen LogP contribution in [0.3, 0.4) is 0 Å². The minimum Gasteiger partial charge on any atom is -0.493 e. The second-order valence-corrected chi connectivity index (χ2v) is 8.73. The van der Waals surface area contributed by atoms with Gasteiger partial charge in [-0.05, 0) is 48.4 Å². The number of hydrogen-bond acceptors (Lipinski definition) is 6. The zero-order valence-corrected chi connectivity index (χ0v) is 20.1. The maximum absolute atomic E-state index is 14.6. The van der Waals surface area contributed by atoms with Crippen LogP contribution < -0.4 is 19.4 Å². The van der Waals surface area contributed by atoms with E-state index in [1.54, 1.807) is 30.4 Å². The topological polar surface area (TPSA) is 68.3 Å². The van der Waals surface area contributed by atoms with Gasteiger partial charge in [0, 0.05) is 0 Å². The number of unbranched alkanes of at least 4 members (excludes halogenated alkanes) is 1. The molecular weight excluding hydrogens is 463 g/mol. The number of anilines is 2. The Kier molecular flexibility index (Phi) is 6.61. The van der Waals surface area contributed by atoms with Crippen molar-refractivity contribution in [2.24, 2.45) is 5.92 Å². The van der Waals surface area contributed by atoms with E-state index in [1.807, 2.05) is 36.4 Å². The summed E-state index contributed by atoms with van der Waals surface area (Å²) in [6.07, 6.45) is 0.827. The summed E-state index contributed by atoms with van der Waals surface area (Å²) in [5, 5.41) is 1.59. The number of fused-ring (bicyclic) bond motifs is 1. The van der Waals surface area contributed by atoms with Crippen LogP contribution in [-0.2, 0) is 14.4 Å². The molecule has 0 N–H and O–H groups in total. The summed E-state index contributed by atoms with van der Waals surface area (Å²) < 4.78 is 26.0. The van der Waals surface area contributed by atoms with Gasteiger partial charge in [0.15, 0.2) is 17.6 Å². The van der Waals surface area contributed by atoms with Gasteiger partial charge in [0.25, 0.3) is 5.91 Å². The predicted octanol–water partition coefficient (Wildman–Crippen LogP) is 5.06.